The van der Waals surface area contributed by atoms with Crippen LogP contribution in [0.4, 0.5) is 0 Å². The van der Waals surface area contributed by atoms with Gasteiger partial charge in [-0.15, -0.1) is 0 Å². The van der Waals surface area contributed by atoms with Gasteiger partial charge in [-0.05, 0) is 18.9 Å². The predicted molar refractivity (Wildman–Crippen MR) is 89.0 cm³/mol. The number of ether oxygens (including phenoxy) is 1. The SMILES string of the molecule is CCCCC(=O)C(=O)[C@@](C)(COCc1ccccc1)C(=O)CC. The number of ketones is 3. The lowest BCUT2D eigenvalue weighted by Gasteiger charge is -2.25. The molecule has 1 aromatic carbocycles. The lowest BCUT2D eigenvalue weighted by molar-refractivity contribution is -0.151. The van der Waals surface area contributed by atoms with Gasteiger partial charge in [-0.3, -0.25) is 14.4 Å². The van der Waals surface area contributed by atoms with Crippen molar-refractivity contribution in [2.24, 2.45) is 5.41 Å². The number of hydrogen-bond acceptors (Lipinski definition) is 4. The summed E-state index contributed by atoms with van der Waals surface area (Å²) >= 11 is 0. The Kier molecular flexibility index (Phi) is 7.83. The summed E-state index contributed by atoms with van der Waals surface area (Å²) in [5.74, 6) is -1.34. The van der Waals surface area contributed by atoms with Crippen LogP contribution in [0.2, 0.25) is 0 Å². The molecule has 0 fully saturated rings. The number of unbranched alkanes of at least 4 members (excludes halogenated alkanes) is 1. The topological polar surface area (TPSA) is 60.4 Å². The second kappa shape index (κ2) is 9.36. The summed E-state index contributed by atoms with van der Waals surface area (Å²) in [5.41, 5.74) is -0.419. The van der Waals surface area contributed by atoms with E-state index in [0.717, 1.165) is 12.0 Å². The molecule has 0 amide bonds. The predicted octanol–water partition coefficient (Wildman–Crippen LogP) is 3.52. The van der Waals surface area contributed by atoms with Crippen LogP contribution in [0.25, 0.3) is 0 Å². The molecule has 4 nitrogen and oxygen atoms in total. The van der Waals surface area contributed by atoms with Crippen molar-refractivity contribution < 1.29 is 19.1 Å². The van der Waals surface area contributed by atoms with Gasteiger partial charge in [-0.2, -0.15) is 0 Å². The molecule has 0 unspecified atom stereocenters. The number of carbonyl (C=O) groups is 3. The molecule has 23 heavy (non-hydrogen) atoms. The third kappa shape index (κ3) is 5.39. The Morgan fingerprint density at radius 2 is 1.74 bits per heavy atom. The van der Waals surface area contributed by atoms with E-state index in [4.69, 9.17) is 4.74 Å². The summed E-state index contributed by atoms with van der Waals surface area (Å²) in [7, 11) is 0. The lowest BCUT2D eigenvalue weighted by atomic mass is 9.78. The zero-order valence-corrected chi connectivity index (χ0v) is 14.3. The number of carbonyl (C=O) groups excluding carboxylic acids is 3. The number of benzene rings is 1. The maximum atomic E-state index is 12.5. The Labute approximate surface area is 138 Å². The standard InChI is InChI=1S/C19H26O4/c1-4-6-12-16(20)18(22)19(3,17(21)5-2)14-23-13-15-10-8-7-9-11-15/h7-11H,4-6,12-14H2,1-3H3/t19-/m0/s1. The molecule has 1 aromatic rings. The molecule has 0 aliphatic heterocycles. The highest BCUT2D eigenvalue weighted by Gasteiger charge is 2.42. The van der Waals surface area contributed by atoms with Crippen LogP contribution in [0.15, 0.2) is 30.3 Å². The molecule has 0 bridgehead atoms. The summed E-state index contributed by atoms with van der Waals surface area (Å²) in [5, 5.41) is 0. The fraction of sp³-hybridized carbons (Fsp3) is 0.526. The van der Waals surface area contributed by atoms with Crippen LogP contribution in [0.5, 0.6) is 0 Å². The highest BCUT2D eigenvalue weighted by Crippen LogP contribution is 2.24. The van der Waals surface area contributed by atoms with Crippen LogP contribution in [0.3, 0.4) is 0 Å². The van der Waals surface area contributed by atoms with Crippen LogP contribution < -0.4 is 0 Å². The van der Waals surface area contributed by atoms with E-state index in [2.05, 4.69) is 0 Å². The average Bonchev–Trinajstić information content (AvgIpc) is 2.58. The molecule has 126 valence electrons. The van der Waals surface area contributed by atoms with Crippen LogP contribution in [-0.2, 0) is 25.7 Å². The summed E-state index contributed by atoms with van der Waals surface area (Å²) in [6, 6.07) is 9.52. The molecule has 0 radical (unpaired) electrons. The Hall–Kier alpha value is -1.81. The zero-order valence-electron chi connectivity index (χ0n) is 14.3. The first-order valence-corrected chi connectivity index (χ1v) is 8.18. The maximum Gasteiger partial charge on any atom is 0.213 e. The second-order valence-electron chi connectivity index (χ2n) is 5.94. The molecule has 1 atom stereocenters. The molecule has 0 spiro atoms. The van der Waals surface area contributed by atoms with E-state index in [0.29, 0.717) is 13.0 Å². The molecule has 1 rings (SSSR count). The molecular weight excluding hydrogens is 292 g/mol. The fourth-order valence-electron chi connectivity index (χ4n) is 2.37. The molecular formula is C19H26O4. The zero-order chi connectivity index (χ0) is 17.3. The van der Waals surface area contributed by atoms with Crippen molar-refractivity contribution in [1.82, 2.24) is 0 Å². The number of Topliss-reactive ketones (excluding diaryl/α,β-unsaturated/α-hetero) is 3. The Balaban J connectivity index is 2.75. The molecule has 0 N–H and O–H groups in total. The number of hydrogen-bond donors (Lipinski definition) is 0. The van der Waals surface area contributed by atoms with Crippen LogP contribution in [-0.4, -0.2) is 24.0 Å². The molecule has 0 heterocycles. The van der Waals surface area contributed by atoms with Crippen molar-refractivity contribution in [3.8, 4) is 0 Å². The second-order valence-corrected chi connectivity index (χ2v) is 5.94. The molecule has 0 aliphatic rings. The van der Waals surface area contributed by atoms with Crippen molar-refractivity contribution >= 4 is 17.3 Å². The highest BCUT2D eigenvalue weighted by atomic mass is 16.5. The molecule has 0 aliphatic carbocycles. The largest absolute Gasteiger partial charge is 0.375 e. The van der Waals surface area contributed by atoms with Gasteiger partial charge in [0.25, 0.3) is 0 Å². The summed E-state index contributed by atoms with van der Waals surface area (Å²) in [4.78, 5) is 36.8. The summed E-state index contributed by atoms with van der Waals surface area (Å²) < 4.78 is 5.59. The summed E-state index contributed by atoms with van der Waals surface area (Å²) in [6.45, 7) is 5.42. The first-order valence-electron chi connectivity index (χ1n) is 8.18. The molecule has 0 saturated heterocycles. The van der Waals surface area contributed by atoms with E-state index in [1.165, 1.54) is 6.92 Å². The third-order valence-electron chi connectivity index (χ3n) is 3.95. The molecule has 4 heteroatoms. The minimum absolute atomic E-state index is 0.0642. The van der Waals surface area contributed by atoms with E-state index < -0.39 is 17.0 Å². The van der Waals surface area contributed by atoms with Gasteiger partial charge in [0.1, 0.15) is 11.2 Å². The van der Waals surface area contributed by atoms with Crippen molar-refractivity contribution in [2.45, 2.75) is 53.1 Å². The normalized spacial score (nSPS) is 13.3. The van der Waals surface area contributed by atoms with Crippen LogP contribution in [0, 0.1) is 5.41 Å². The van der Waals surface area contributed by atoms with Gasteiger partial charge in [0.05, 0.1) is 13.2 Å². The lowest BCUT2D eigenvalue weighted by Crippen LogP contribution is -2.44. The van der Waals surface area contributed by atoms with E-state index in [-0.39, 0.29) is 25.2 Å². The van der Waals surface area contributed by atoms with Crippen molar-refractivity contribution in [1.29, 1.82) is 0 Å². The first-order chi connectivity index (χ1) is 11.0. The Bertz CT molecular complexity index is 536. The van der Waals surface area contributed by atoms with Crippen molar-refractivity contribution in [3.05, 3.63) is 35.9 Å². The van der Waals surface area contributed by atoms with E-state index in [9.17, 15) is 14.4 Å². The van der Waals surface area contributed by atoms with Crippen molar-refractivity contribution in [2.75, 3.05) is 6.61 Å². The summed E-state index contributed by atoms with van der Waals surface area (Å²) in [6.07, 6.45) is 1.90. The van der Waals surface area contributed by atoms with Gasteiger partial charge in [0.2, 0.25) is 5.78 Å². The Morgan fingerprint density at radius 3 is 2.30 bits per heavy atom. The fourth-order valence-corrected chi connectivity index (χ4v) is 2.37. The van der Waals surface area contributed by atoms with E-state index in [1.807, 2.05) is 37.3 Å². The molecule has 0 saturated carbocycles. The van der Waals surface area contributed by atoms with Crippen LogP contribution >= 0.6 is 0 Å². The minimum Gasteiger partial charge on any atom is -0.375 e. The van der Waals surface area contributed by atoms with Gasteiger partial charge in [0, 0.05) is 12.8 Å². The number of rotatable bonds is 11. The van der Waals surface area contributed by atoms with E-state index >= 15 is 0 Å². The van der Waals surface area contributed by atoms with E-state index in [1.54, 1.807) is 6.92 Å². The monoisotopic (exact) mass is 318 g/mol. The van der Waals surface area contributed by atoms with Crippen LogP contribution in [0.1, 0.15) is 52.0 Å². The molecule has 0 aromatic heterocycles. The quantitative estimate of drug-likeness (QED) is 0.463. The van der Waals surface area contributed by atoms with Gasteiger partial charge in [0.15, 0.2) is 5.78 Å². The smallest absolute Gasteiger partial charge is 0.213 e. The van der Waals surface area contributed by atoms with Gasteiger partial charge >= 0.3 is 0 Å². The van der Waals surface area contributed by atoms with Gasteiger partial charge in [-0.1, -0.05) is 50.6 Å². The van der Waals surface area contributed by atoms with Gasteiger partial charge < -0.3 is 4.74 Å². The first kappa shape index (κ1) is 19.2. The minimum atomic E-state index is -1.38. The highest BCUT2D eigenvalue weighted by molar-refractivity contribution is 6.43. The third-order valence-corrected chi connectivity index (χ3v) is 3.95. The van der Waals surface area contributed by atoms with Crippen molar-refractivity contribution in [3.63, 3.8) is 0 Å². The average molecular weight is 318 g/mol. The van der Waals surface area contributed by atoms with Gasteiger partial charge in [-0.25, -0.2) is 0 Å². The maximum absolute atomic E-state index is 12.5. The Morgan fingerprint density at radius 1 is 1.09 bits per heavy atom.